The van der Waals surface area contributed by atoms with Gasteiger partial charge in [0.05, 0.1) is 14.2 Å². The molecule has 2 aromatic rings. The third-order valence-electron chi connectivity index (χ3n) is 5.41. The maximum absolute atomic E-state index is 14.0. The molecule has 2 unspecified atom stereocenters. The third kappa shape index (κ3) is 6.09. The lowest BCUT2D eigenvalue weighted by Gasteiger charge is -2.36. The lowest BCUT2D eigenvalue weighted by atomic mass is 9.89. The van der Waals surface area contributed by atoms with Crippen LogP contribution in [-0.2, 0) is 16.4 Å². The van der Waals surface area contributed by atoms with Crippen LogP contribution in [0.4, 0.5) is 4.39 Å². The van der Waals surface area contributed by atoms with Crippen LogP contribution in [0.25, 0.3) is 0 Å². The molecule has 0 aliphatic heterocycles. The first kappa shape index (κ1) is 25.4. The van der Waals surface area contributed by atoms with Crippen molar-refractivity contribution in [2.24, 2.45) is 0 Å². The van der Waals surface area contributed by atoms with E-state index in [1.54, 1.807) is 33.5 Å². The van der Waals surface area contributed by atoms with Gasteiger partial charge in [-0.3, -0.25) is 0 Å². The number of halogens is 1. The average molecular weight is 452 g/mol. The Morgan fingerprint density at radius 2 is 1.84 bits per heavy atom. The molecule has 5 nitrogen and oxygen atoms in total. The van der Waals surface area contributed by atoms with Crippen molar-refractivity contribution < 1.29 is 23.3 Å². The lowest BCUT2D eigenvalue weighted by molar-refractivity contribution is 0.0478. The zero-order valence-electron chi connectivity index (χ0n) is 19.4. The summed E-state index contributed by atoms with van der Waals surface area (Å²) in [6.45, 7) is 5.10. The molecule has 2 rings (SSSR count). The highest BCUT2D eigenvalue weighted by Gasteiger charge is 2.35. The van der Waals surface area contributed by atoms with Crippen LogP contribution in [0.15, 0.2) is 30.3 Å². The first-order valence-corrected chi connectivity index (χ1v) is 11.6. The molecular weight excluding hydrogens is 416 g/mol. The van der Waals surface area contributed by atoms with E-state index in [0.29, 0.717) is 32.4 Å². The molecule has 0 aromatic heterocycles. The van der Waals surface area contributed by atoms with Gasteiger partial charge in [-0.1, -0.05) is 34.9 Å². The molecule has 2 atom stereocenters. The lowest BCUT2D eigenvalue weighted by Crippen LogP contribution is -2.26. The SMILES string of the molecule is CCCC(CC)(Pc1ccc(F)cc1CNC)c1cc(OC)cc(OC)c1OCOC. The van der Waals surface area contributed by atoms with Crippen molar-refractivity contribution in [1.82, 2.24) is 5.32 Å². The fourth-order valence-electron chi connectivity index (χ4n) is 3.89. The van der Waals surface area contributed by atoms with Crippen molar-refractivity contribution in [3.05, 3.63) is 47.3 Å². The van der Waals surface area contributed by atoms with E-state index >= 15 is 0 Å². The van der Waals surface area contributed by atoms with Crippen molar-refractivity contribution in [2.75, 3.05) is 35.2 Å². The van der Waals surface area contributed by atoms with E-state index in [4.69, 9.17) is 18.9 Å². The number of methoxy groups -OCH3 is 3. The molecule has 2 aromatic carbocycles. The van der Waals surface area contributed by atoms with Crippen LogP contribution in [0.3, 0.4) is 0 Å². The summed E-state index contributed by atoms with van der Waals surface area (Å²) in [6.07, 6.45) is 2.82. The van der Waals surface area contributed by atoms with Crippen molar-refractivity contribution in [2.45, 2.75) is 44.8 Å². The highest BCUT2D eigenvalue weighted by molar-refractivity contribution is 7.48. The van der Waals surface area contributed by atoms with E-state index < -0.39 is 0 Å². The number of ether oxygens (including phenoxy) is 4. The first-order valence-electron chi connectivity index (χ1n) is 10.6. The summed E-state index contributed by atoms with van der Waals surface area (Å²) in [7, 11) is 7.16. The number of hydrogen-bond acceptors (Lipinski definition) is 5. The van der Waals surface area contributed by atoms with Crippen LogP contribution in [0.2, 0.25) is 0 Å². The molecule has 31 heavy (non-hydrogen) atoms. The quantitative estimate of drug-likeness (QED) is 0.345. The zero-order chi connectivity index (χ0) is 22.9. The monoisotopic (exact) mass is 451 g/mol. The molecule has 0 saturated heterocycles. The molecule has 0 fully saturated rings. The van der Waals surface area contributed by atoms with E-state index in [1.165, 1.54) is 0 Å². The van der Waals surface area contributed by atoms with Crippen molar-refractivity contribution in [1.29, 1.82) is 0 Å². The summed E-state index contributed by atoms with van der Waals surface area (Å²) in [5.41, 5.74) is 2.01. The molecular formula is C24H35FNO4P. The second kappa shape index (κ2) is 12.2. The fraction of sp³-hybridized carbons (Fsp3) is 0.500. The van der Waals surface area contributed by atoms with Gasteiger partial charge in [0.2, 0.25) is 0 Å². The molecule has 0 aliphatic carbocycles. The smallest absolute Gasteiger partial charge is 0.188 e. The topological polar surface area (TPSA) is 49.0 Å². The largest absolute Gasteiger partial charge is 0.497 e. The van der Waals surface area contributed by atoms with E-state index in [-0.39, 0.29) is 17.8 Å². The average Bonchev–Trinajstić information content (AvgIpc) is 2.78. The van der Waals surface area contributed by atoms with Gasteiger partial charge in [-0.2, -0.15) is 0 Å². The molecule has 0 amide bonds. The molecule has 0 heterocycles. The Hall–Kier alpha value is -1.88. The normalized spacial score (nSPS) is 13.4. The number of rotatable bonds is 13. The zero-order valence-corrected chi connectivity index (χ0v) is 20.4. The van der Waals surface area contributed by atoms with Gasteiger partial charge in [-0.15, -0.1) is 0 Å². The van der Waals surface area contributed by atoms with E-state index in [9.17, 15) is 4.39 Å². The molecule has 7 heteroatoms. The van der Waals surface area contributed by atoms with Crippen molar-refractivity contribution in [3.63, 3.8) is 0 Å². The van der Waals surface area contributed by atoms with Crippen LogP contribution >= 0.6 is 8.58 Å². The van der Waals surface area contributed by atoms with Crippen LogP contribution in [0.5, 0.6) is 17.2 Å². The predicted molar refractivity (Wildman–Crippen MR) is 126 cm³/mol. The van der Waals surface area contributed by atoms with Gasteiger partial charge in [0.25, 0.3) is 0 Å². The van der Waals surface area contributed by atoms with Crippen molar-refractivity contribution >= 4 is 13.9 Å². The fourth-order valence-corrected chi connectivity index (χ4v) is 5.77. The van der Waals surface area contributed by atoms with Gasteiger partial charge in [0, 0.05) is 30.4 Å². The Morgan fingerprint density at radius 1 is 1.06 bits per heavy atom. The van der Waals surface area contributed by atoms with Gasteiger partial charge < -0.3 is 24.3 Å². The minimum absolute atomic E-state index is 0.117. The summed E-state index contributed by atoms with van der Waals surface area (Å²) in [6, 6.07) is 8.95. The molecule has 172 valence electrons. The van der Waals surface area contributed by atoms with E-state index in [0.717, 1.165) is 35.7 Å². The van der Waals surface area contributed by atoms with Crippen LogP contribution < -0.4 is 24.8 Å². The second-order valence-corrected chi connectivity index (χ2v) is 9.15. The Bertz CT molecular complexity index is 849. The van der Waals surface area contributed by atoms with Gasteiger partial charge in [0.1, 0.15) is 11.6 Å². The highest BCUT2D eigenvalue weighted by atomic mass is 31.1. The maximum Gasteiger partial charge on any atom is 0.188 e. The molecule has 0 radical (unpaired) electrons. The minimum atomic E-state index is -0.222. The highest BCUT2D eigenvalue weighted by Crippen LogP contribution is 2.54. The van der Waals surface area contributed by atoms with E-state index in [2.05, 4.69) is 19.2 Å². The minimum Gasteiger partial charge on any atom is -0.497 e. The van der Waals surface area contributed by atoms with Gasteiger partial charge >= 0.3 is 0 Å². The summed E-state index contributed by atoms with van der Waals surface area (Å²) in [5.74, 6) is 1.78. The molecule has 0 saturated carbocycles. The molecule has 0 spiro atoms. The Balaban J connectivity index is 2.70. The summed E-state index contributed by atoms with van der Waals surface area (Å²) < 4.78 is 36.4. The number of nitrogens with one attached hydrogen (secondary N) is 1. The Morgan fingerprint density at radius 3 is 2.42 bits per heavy atom. The molecule has 0 bridgehead atoms. The van der Waals surface area contributed by atoms with Crippen LogP contribution in [0.1, 0.15) is 44.2 Å². The summed E-state index contributed by atoms with van der Waals surface area (Å²) >= 11 is 0. The standard InChI is InChI=1S/C24H35FNO4P/c1-7-11-24(8-2,31-22-10-9-18(25)12-17(22)15-26-3)20-13-19(28-5)14-21(29-6)23(20)30-16-27-4/h9-10,12-14,26,31H,7-8,11,15-16H2,1-6H3. The number of hydrogen-bond donors (Lipinski definition) is 1. The van der Waals surface area contributed by atoms with Crippen LogP contribution in [-0.4, -0.2) is 35.2 Å². The van der Waals surface area contributed by atoms with Crippen LogP contribution in [0, 0.1) is 5.82 Å². The Labute approximate surface area is 187 Å². The summed E-state index contributed by atoms with van der Waals surface area (Å²) in [4.78, 5) is 0. The Kier molecular flexibility index (Phi) is 10.0. The molecule has 1 N–H and O–H groups in total. The predicted octanol–water partition coefficient (Wildman–Crippen LogP) is 4.95. The van der Waals surface area contributed by atoms with Gasteiger partial charge in [0.15, 0.2) is 18.3 Å². The second-order valence-electron chi connectivity index (χ2n) is 7.40. The third-order valence-corrected chi connectivity index (χ3v) is 7.52. The van der Waals surface area contributed by atoms with Gasteiger partial charge in [-0.25, -0.2) is 4.39 Å². The maximum atomic E-state index is 14.0. The van der Waals surface area contributed by atoms with Crippen molar-refractivity contribution in [3.8, 4) is 17.2 Å². The van der Waals surface area contributed by atoms with E-state index in [1.807, 2.05) is 25.2 Å². The summed E-state index contributed by atoms with van der Waals surface area (Å²) in [5, 5.41) is 4.08. The number of benzene rings is 2. The van der Waals surface area contributed by atoms with Gasteiger partial charge in [-0.05, 0) is 49.0 Å². The molecule has 0 aliphatic rings. The first-order chi connectivity index (χ1) is 15.0.